The minimum absolute atomic E-state index is 0.00488. The predicted octanol–water partition coefficient (Wildman–Crippen LogP) is 2.58. The van der Waals surface area contributed by atoms with E-state index in [-0.39, 0.29) is 12.5 Å². The summed E-state index contributed by atoms with van der Waals surface area (Å²) in [5, 5.41) is 11.6. The Balaban J connectivity index is 1.60. The van der Waals surface area contributed by atoms with Gasteiger partial charge in [0, 0.05) is 17.7 Å². The van der Waals surface area contributed by atoms with Gasteiger partial charge in [-0.25, -0.2) is 9.18 Å². The first-order chi connectivity index (χ1) is 12.0. The second-order valence-corrected chi connectivity index (χ2v) is 6.10. The largest absolute Gasteiger partial charge is 0.479 e. The molecule has 3 rings (SSSR count). The van der Waals surface area contributed by atoms with Crippen LogP contribution < -0.4 is 5.32 Å². The van der Waals surface area contributed by atoms with Crippen LogP contribution >= 0.6 is 0 Å². The lowest BCUT2D eigenvalue weighted by atomic mass is 10.0. The van der Waals surface area contributed by atoms with Gasteiger partial charge in [-0.05, 0) is 30.5 Å². The SMILES string of the molecule is C[C@@H]1C[C@H](C(=O)NCc2ccc(-c3ccco3)cc2F)O[C@H]1C(=O)O. The van der Waals surface area contributed by atoms with Gasteiger partial charge in [-0.3, -0.25) is 4.79 Å². The number of carbonyl (C=O) groups excluding carboxylic acids is 1. The van der Waals surface area contributed by atoms with Crippen LogP contribution in [-0.4, -0.2) is 29.2 Å². The van der Waals surface area contributed by atoms with Gasteiger partial charge in [-0.1, -0.05) is 19.1 Å². The lowest BCUT2D eigenvalue weighted by Gasteiger charge is -2.12. The van der Waals surface area contributed by atoms with Crippen molar-refractivity contribution in [1.82, 2.24) is 5.32 Å². The van der Waals surface area contributed by atoms with Crippen LogP contribution in [0.3, 0.4) is 0 Å². The first-order valence-electron chi connectivity index (χ1n) is 7.94. The molecular formula is C18H18FNO5. The molecule has 3 atom stereocenters. The summed E-state index contributed by atoms with van der Waals surface area (Å²) >= 11 is 0. The zero-order valence-corrected chi connectivity index (χ0v) is 13.6. The van der Waals surface area contributed by atoms with Crippen molar-refractivity contribution in [3.05, 3.63) is 48.0 Å². The minimum Gasteiger partial charge on any atom is -0.479 e. The summed E-state index contributed by atoms with van der Waals surface area (Å²) in [5.41, 5.74) is 0.930. The minimum atomic E-state index is -1.08. The summed E-state index contributed by atoms with van der Waals surface area (Å²) in [4.78, 5) is 23.2. The number of furan rings is 1. The Kier molecular flexibility index (Phi) is 4.85. The molecule has 0 radical (unpaired) electrons. The molecule has 0 spiro atoms. The molecule has 1 saturated heterocycles. The lowest BCUT2D eigenvalue weighted by Crippen LogP contribution is -2.35. The molecule has 1 aromatic heterocycles. The molecule has 7 heteroatoms. The number of amides is 1. The van der Waals surface area contributed by atoms with E-state index in [2.05, 4.69) is 5.32 Å². The predicted molar refractivity (Wildman–Crippen MR) is 86.0 cm³/mol. The number of ether oxygens (including phenoxy) is 1. The summed E-state index contributed by atoms with van der Waals surface area (Å²) in [7, 11) is 0. The molecular weight excluding hydrogens is 329 g/mol. The number of rotatable bonds is 5. The van der Waals surface area contributed by atoms with Crippen molar-refractivity contribution >= 4 is 11.9 Å². The number of carboxylic acid groups (broad SMARTS) is 1. The Morgan fingerprint density at radius 2 is 2.16 bits per heavy atom. The fourth-order valence-corrected chi connectivity index (χ4v) is 2.88. The van der Waals surface area contributed by atoms with Gasteiger partial charge in [0.2, 0.25) is 5.91 Å². The van der Waals surface area contributed by atoms with Gasteiger partial charge >= 0.3 is 5.97 Å². The van der Waals surface area contributed by atoms with Crippen molar-refractivity contribution in [2.75, 3.05) is 0 Å². The fraction of sp³-hybridized carbons (Fsp3) is 0.333. The van der Waals surface area contributed by atoms with Crippen LogP contribution in [0.4, 0.5) is 4.39 Å². The van der Waals surface area contributed by atoms with Gasteiger partial charge in [0.1, 0.15) is 17.7 Å². The van der Waals surface area contributed by atoms with Gasteiger partial charge in [0.25, 0.3) is 0 Å². The van der Waals surface area contributed by atoms with Crippen LogP contribution in [0.1, 0.15) is 18.9 Å². The molecule has 25 heavy (non-hydrogen) atoms. The van der Waals surface area contributed by atoms with E-state index in [1.807, 2.05) is 0 Å². The van der Waals surface area contributed by atoms with Crippen molar-refractivity contribution in [2.24, 2.45) is 5.92 Å². The number of nitrogens with one attached hydrogen (secondary N) is 1. The zero-order chi connectivity index (χ0) is 18.0. The van der Waals surface area contributed by atoms with Gasteiger partial charge in [0.15, 0.2) is 6.10 Å². The van der Waals surface area contributed by atoms with Gasteiger partial charge in [-0.15, -0.1) is 0 Å². The number of carboxylic acids is 1. The number of halogens is 1. The Labute approximate surface area is 143 Å². The van der Waals surface area contributed by atoms with Gasteiger partial charge in [0.05, 0.1) is 6.26 Å². The summed E-state index contributed by atoms with van der Waals surface area (Å²) in [5.74, 6) is -1.68. The second-order valence-electron chi connectivity index (χ2n) is 6.10. The highest BCUT2D eigenvalue weighted by Crippen LogP contribution is 2.27. The molecule has 1 amide bonds. The molecule has 2 aromatic rings. The fourth-order valence-electron chi connectivity index (χ4n) is 2.88. The Morgan fingerprint density at radius 1 is 1.36 bits per heavy atom. The highest BCUT2D eigenvalue weighted by molar-refractivity contribution is 5.82. The standard InChI is InChI=1S/C18H18FNO5/c1-10-7-15(25-16(10)18(22)23)17(21)20-9-12-5-4-11(8-13(12)19)14-3-2-6-24-14/h2-6,8,10,15-16H,7,9H2,1H3,(H,20,21)(H,22,23)/t10-,15-,16-/m1/s1. The molecule has 1 fully saturated rings. The first-order valence-corrected chi connectivity index (χ1v) is 7.94. The molecule has 132 valence electrons. The monoisotopic (exact) mass is 347 g/mol. The van der Waals surface area contributed by atoms with E-state index >= 15 is 0 Å². The van der Waals surface area contributed by atoms with E-state index in [0.717, 1.165) is 0 Å². The molecule has 1 aromatic carbocycles. The maximum absolute atomic E-state index is 14.2. The summed E-state index contributed by atoms with van der Waals surface area (Å²) in [6.45, 7) is 1.72. The smallest absolute Gasteiger partial charge is 0.333 e. The van der Waals surface area contributed by atoms with Crippen LogP contribution in [0.2, 0.25) is 0 Å². The third kappa shape index (κ3) is 3.71. The number of hydrogen-bond acceptors (Lipinski definition) is 4. The van der Waals surface area contributed by atoms with Crippen LogP contribution in [0.25, 0.3) is 11.3 Å². The van der Waals surface area contributed by atoms with Crippen molar-refractivity contribution in [1.29, 1.82) is 0 Å². The number of carbonyl (C=O) groups is 2. The molecule has 2 N–H and O–H groups in total. The van der Waals surface area contributed by atoms with E-state index in [1.54, 1.807) is 31.2 Å². The molecule has 6 nitrogen and oxygen atoms in total. The molecule has 0 bridgehead atoms. The molecule has 0 saturated carbocycles. The van der Waals surface area contributed by atoms with E-state index in [9.17, 15) is 14.0 Å². The van der Waals surface area contributed by atoms with Crippen LogP contribution in [-0.2, 0) is 20.9 Å². The molecule has 2 heterocycles. The quantitative estimate of drug-likeness (QED) is 0.868. The Hall–Kier alpha value is -2.67. The van der Waals surface area contributed by atoms with Gasteiger partial charge < -0.3 is 19.6 Å². The van der Waals surface area contributed by atoms with Crippen LogP contribution in [0.5, 0.6) is 0 Å². The lowest BCUT2D eigenvalue weighted by molar-refractivity contribution is -0.153. The average Bonchev–Trinajstić information content (AvgIpc) is 3.23. The van der Waals surface area contributed by atoms with Crippen molar-refractivity contribution in [2.45, 2.75) is 32.1 Å². The third-order valence-electron chi connectivity index (χ3n) is 4.26. The van der Waals surface area contributed by atoms with Gasteiger partial charge in [-0.2, -0.15) is 0 Å². The third-order valence-corrected chi connectivity index (χ3v) is 4.26. The highest BCUT2D eigenvalue weighted by atomic mass is 19.1. The summed E-state index contributed by atoms with van der Waals surface area (Å²) in [6.07, 6.45) is 0.0125. The van der Waals surface area contributed by atoms with Crippen molar-refractivity contribution in [3.63, 3.8) is 0 Å². The number of aliphatic carboxylic acids is 1. The molecule has 1 aliphatic rings. The van der Waals surface area contributed by atoms with E-state index in [4.69, 9.17) is 14.3 Å². The summed E-state index contributed by atoms with van der Waals surface area (Å²) in [6, 6.07) is 8.07. The van der Waals surface area contributed by atoms with Crippen LogP contribution in [0, 0.1) is 11.7 Å². The number of hydrogen-bond donors (Lipinski definition) is 2. The van der Waals surface area contributed by atoms with Crippen LogP contribution in [0.15, 0.2) is 41.0 Å². The summed E-state index contributed by atoms with van der Waals surface area (Å²) < 4.78 is 24.7. The molecule has 0 unspecified atom stereocenters. The highest BCUT2D eigenvalue weighted by Gasteiger charge is 2.40. The van der Waals surface area contributed by atoms with Crippen molar-refractivity contribution in [3.8, 4) is 11.3 Å². The van der Waals surface area contributed by atoms with E-state index in [1.165, 1.54) is 12.3 Å². The van der Waals surface area contributed by atoms with E-state index in [0.29, 0.717) is 23.3 Å². The first kappa shape index (κ1) is 17.2. The topological polar surface area (TPSA) is 88.8 Å². The maximum Gasteiger partial charge on any atom is 0.333 e. The normalized spacial score (nSPS) is 22.7. The van der Waals surface area contributed by atoms with E-state index < -0.39 is 29.9 Å². The zero-order valence-electron chi connectivity index (χ0n) is 13.6. The maximum atomic E-state index is 14.2. The number of benzene rings is 1. The molecule has 1 aliphatic heterocycles. The Morgan fingerprint density at radius 3 is 2.76 bits per heavy atom. The molecule has 0 aliphatic carbocycles. The average molecular weight is 347 g/mol. The van der Waals surface area contributed by atoms with Crippen molar-refractivity contribution < 1.29 is 28.2 Å². The second kappa shape index (κ2) is 7.06. The Bertz CT molecular complexity index is 774.